The minimum absolute atomic E-state index is 0.119. The third kappa shape index (κ3) is 5.94. The highest BCUT2D eigenvalue weighted by Crippen LogP contribution is 2.25. The van der Waals surface area contributed by atoms with E-state index in [-0.39, 0.29) is 5.69 Å². The fourth-order valence-electron chi connectivity index (χ4n) is 5.16. The van der Waals surface area contributed by atoms with Gasteiger partial charge in [-0.1, -0.05) is 18.2 Å². The number of anilines is 1. The Morgan fingerprint density at radius 2 is 1.60 bits per heavy atom. The predicted molar refractivity (Wildman–Crippen MR) is 139 cm³/mol. The van der Waals surface area contributed by atoms with Gasteiger partial charge in [-0.15, -0.1) is 0 Å². The summed E-state index contributed by atoms with van der Waals surface area (Å²) in [5.74, 6) is 0.863. The van der Waals surface area contributed by atoms with Crippen molar-refractivity contribution in [2.75, 3.05) is 50.8 Å². The first-order chi connectivity index (χ1) is 17.3. The van der Waals surface area contributed by atoms with Gasteiger partial charge in [-0.3, -0.25) is 0 Å². The van der Waals surface area contributed by atoms with Crippen LogP contribution in [-0.4, -0.2) is 71.2 Å². The Morgan fingerprint density at radius 1 is 0.886 bits per heavy atom. The molecule has 5 rings (SSSR count). The molecule has 0 amide bonds. The standard InChI is InChI=1S/C27H36N6O2/c34-27-32(22-29-33(27)20-14-28-15-21-35-26-6-2-1-3-7-26)25-10-8-23(9-11-25)31-18-12-24(13-19-31)30-16-4-5-17-30/h1-3,6-11,22,24,28H,4-5,12-21H2. The minimum atomic E-state index is -0.119. The van der Waals surface area contributed by atoms with Crippen molar-refractivity contribution in [1.82, 2.24) is 24.6 Å². The van der Waals surface area contributed by atoms with E-state index in [1.807, 2.05) is 42.5 Å². The van der Waals surface area contributed by atoms with E-state index in [9.17, 15) is 4.79 Å². The van der Waals surface area contributed by atoms with E-state index >= 15 is 0 Å². The van der Waals surface area contributed by atoms with Crippen LogP contribution < -0.4 is 20.6 Å². The third-order valence-corrected chi connectivity index (χ3v) is 7.14. The summed E-state index contributed by atoms with van der Waals surface area (Å²) >= 11 is 0. The second kappa shape index (κ2) is 11.6. The molecule has 0 saturated carbocycles. The Hall–Kier alpha value is -3.10. The molecule has 0 radical (unpaired) electrons. The molecule has 0 aliphatic carbocycles. The summed E-state index contributed by atoms with van der Waals surface area (Å²) in [6.45, 7) is 7.21. The zero-order valence-electron chi connectivity index (χ0n) is 20.4. The van der Waals surface area contributed by atoms with E-state index in [2.05, 4.69) is 32.3 Å². The molecule has 8 nitrogen and oxygen atoms in total. The fraction of sp³-hybridized carbons (Fsp3) is 0.481. The van der Waals surface area contributed by atoms with Crippen LogP contribution in [0.25, 0.3) is 5.69 Å². The summed E-state index contributed by atoms with van der Waals surface area (Å²) < 4.78 is 8.78. The van der Waals surface area contributed by atoms with Gasteiger partial charge in [0.15, 0.2) is 0 Å². The highest BCUT2D eigenvalue weighted by molar-refractivity contribution is 5.51. The van der Waals surface area contributed by atoms with Gasteiger partial charge in [0.05, 0.1) is 12.2 Å². The van der Waals surface area contributed by atoms with E-state index < -0.39 is 0 Å². The molecular weight excluding hydrogens is 440 g/mol. The number of rotatable bonds is 10. The molecule has 2 aromatic carbocycles. The van der Waals surface area contributed by atoms with Gasteiger partial charge in [0.2, 0.25) is 0 Å². The molecule has 1 N–H and O–H groups in total. The number of hydrogen-bond acceptors (Lipinski definition) is 6. The lowest BCUT2D eigenvalue weighted by Gasteiger charge is -2.37. The Morgan fingerprint density at radius 3 is 2.34 bits per heavy atom. The summed E-state index contributed by atoms with van der Waals surface area (Å²) in [5.41, 5.74) is 1.96. The molecule has 186 valence electrons. The van der Waals surface area contributed by atoms with E-state index in [0.717, 1.165) is 30.6 Å². The molecule has 35 heavy (non-hydrogen) atoms. The van der Waals surface area contributed by atoms with Crippen LogP contribution in [0, 0.1) is 0 Å². The Kier molecular flexibility index (Phi) is 7.80. The molecular formula is C27H36N6O2. The molecule has 8 heteroatoms. The van der Waals surface area contributed by atoms with Crippen LogP contribution >= 0.6 is 0 Å². The number of piperidine rings is 1. The van der Waals surface area contributed by atoms with Gasteiger partial charge >= 0.3 is 5.69 Å². The highest BCUT2D eigenvalue weighted by Gasteiger charge is 2.26. The average molecular weight is 477 g/mol. The summed E-state index contributed by atoms with van der Waals surface area (Å²) in [7, 11) is 0. The monoisotopic (exact) mass is 476 g/mol. The maximum Gasteiger partial charge on any atom is 0.350 e. The fourth-order valence-corrected chi connectivity index (χ4v) is 5.16. The van der Waals surface area contributed by atoms with Crippen LogP contribution in [0.2, 0.25) is 0 Å². The van der Waals surface area contributed by atoms with Gasteiger partial charge < -0.3 is 19.9 Å². The van der Waals surface area contributed by atoms with Crippen LogP contribution in [0.3, 0.4) is 0 Å². The molecule has 1 aromatic heterocycles. The highest BCUT2D eigenvalue weighted by atomic mass is 16.5. The zero-order valence-corrected chi connectivity index (χ0v) is 20.4. The van der Waals surface area contributed by atoms with Crippen LogP contribution in [0.4, 0.5) is 5.69 Å². The first kappa shape index (κ1) is 23.6. The molecule has 0 unspecified atom stereocenters. The van der Waals surface area contributed by atoms with Gasteiger partial charge in [0.25, 0.3) is 0 Å². The summed E-state index contributed by atoms with van der Waals surface area (Å²) in [6, 6.07) is 18.8. The second-order valence-electron chi connectivity index (χ2n) is 9.40. The quantitative estimate of drug-likeness (QED) is 0.454. The number of nitrogens with one attached hydrogen (secondary N) is 1. The van der Waals surface area contributed by atoms with E-state index in [4.69, 9.17) is 4.74 Å². The Bertz CT molecular complexity index is 1100. The Balaban J connectivity index is 1.08. The molecule has 3 heterocycles. The number of nitrogens with zero attached hydrogens (tertiary/aromatic N) is 5. The largest absolute Gasteiger partial charge is 0.492 e. The molecule has 2 aliphatic heterocycles. The average Bonchev–Trinajstić information content (AvgIpc) is 3.58. The van der Waals surface area contributed by atoms with Crippen LogP contribution in [-0.2, 0) is 6.54 Å². The topological polar surface area (TPSA) is 67.6 Å². The van der Waals surface area contributed by atoms with Crippen molar-refractivity contribution >= 4 is 5.69 Å². The normalized spacial score (nSPS) is 17.2. The van der Waals surface area contributed by atoms with Gasteiger partial charge in [-0.2, -0.15) is 5.10 Å². The molecule has 2 saturated heterocycles. The number of hydrogen-bond donors (Lipinski definition) is 1. The molecule has 0 atom stereocenters. The summed E-state index contributed by atoms with van der Waals surface area (Å²) in [5, 5.41) is 7.60. The maximum absolute atomic E-state index is 12.8. The number of likely N-dealkylation sites (tertiary alicyclic amines) is 1. The van der Waals surface area contributed by atoms with Crippen molar-refractivity contribution in [3.05, 3.63) is 71.4 Å². The molecule has 0 bridgehead atoms. The van der Waals surface area contributed by atoms with Crippen LogP contribution in [0.1, 0.15) is 25.7 Å². The first-order valence-electron chi connectivity index (χ1n) is 12.9. The molecule has 0 spiro atoms. The maximum atomic E-state index is 12.8. The first-order valence-corrected chi connectivity index (χ1v) is 12.9. The van der Waals surface area contributed by atoms with Crippen LogP contribution in [0.5, 0.6) is 5.75 Å². The van der Waals surface area contributed by atoms with Crippen molar-refractivity contribution in [3.8, 4) is 11.4 Å². The summed E-state index contributed by atoms with van der Waals surface area (Å²) in [6.07, 6.45) is 6.80. The Labute approximate surface area is 207 Å². The predicted octanol–water partition coefficient (Wildman–Crippen LogP) is 2.77. The molecule has 3 aromatic rings. The van der Waals surface area contributed by atoms with Gasteiger partial charge in [0, 0.05) is 37.9 Å². The SMILES string of the molecule is O=c1n(-c2ccc(N3CCC(N4CCCC4)CC3)cc2)cnn1CCNCCOc1ccccc1. The minimum Gasteiger partial charge on any atom is -0.492 e. The van der Waals surface area contributed by atoms with Gasteiger partial charge in [0.1, 0.15) is 18.7 Å². The number of benzene rings is 2. The van der Waals surface area contributed by atoms with Crippen molar-refractivity contribution in [2.24, 2.45) is 0 Å². The lowest BCUT2D eigenvalue weighted by molar-refractivity contribution is 0.208. The third-order valence-electron chi connectivity index (χ3n) is 7.14. The lowest BCUT2D eigenvalue weighted by Crippen LogP contribution is -2.43. The lowest BCUT2D eigenvalue weighted by atomic mass is 10.0. The number of para-hydroxylation sites is 1. The second-order valence-corrected chi connectivity index (χ2v) is 9.40. The number of aromatic nitrogens is 3. The van der Waals surface area contributed by atoms with E-state index in [1.54, 1.807) is 10.9 Å². The van der Waals surface area contributed by atoms with Crippen molar-refractivity contribution in [1.29, 1.82) is 0 Å². The van der Waals surface area contributed by atoms with Crippen LogP contribution in [0.15, 0.2) is 65.7 Å². The van der Waals surface area contributed by atoms with E-state index in [0.29, 0.717) is 26.2 Å². The van der Waals surface area contributed by atoms with E-state index in [1.165, 1.54) is 49.1 Å². The smallest absolute Gasteiger partial charge is 0.350 e. The number of ether oxygens (including phenoxy) is 1. The van der Waals surface area contributed by atoms with Gasteiger partial charge in [-0.05, 0) is 75.2 Å². The molecule has 2 fully saturated rings. The molecule has 2 aliphatic rings. The van der Waals surface area contributed by atoms with Crippen molar-refractivity contribution in [3.63, 3.8) is 0 Å². The van der Waals surface area contributed by atoms with Gasteiger partial charge in [-0.25, -0.2) is 14.0 Å². The summed E-state index contributed by atoms with van der Waals surface area (Å²) in [4.78, 5) is 18.0. The van der Waals surface area contributed by atoms with Crippen molar-refractivity contribution in [2.45, 2.75) is 38.3 Å². The van der Waals surface area contributed by atoms with Crippen molar-refractivity contribution < 1.29 is 4.74 Å². The zero-order chi connectivity index (χ0) is 23.9.